The van der Waals surface area contributed by atoms with Crippen molar-refractivity contribution in [3.8, 4) is 5.75 Å². The average Bonchev–Trinajstić information content (AvgIpc) is 3.18. The van der Waals surface area contributed by atoms with Crippen LogP contribution in [-0.2, 0) is 0 Å². The number of benzene rings is 1. The molecular formula is C19H16ClN5O. The Balaban J connectivity index is 1.60. The highest BCUT2D eigenvalue weighted by atomic mass is 35.5. The maximum atomic E-state index is 6.01. The highest BCUT2D eigenvalue weighted by molar-refractivity contribution is 6.29. The second-order valence-corrected chi connectivity index (χ2v) is 6.22. The van der Waals surface area contributed by atoms with Crippen molar-refractivity contribution in [3.05, 3.63) is 71.9 Å². The molecule has 1 unspecified atom stereocenters. The summed E-state index contributed by atoms with van der Waals surface area (Å²) in [5.74, 6) is 1.54. The number of nitrogens with one attached hydrogen (secondary N) is 2. The normalized spacial score (nSPS) is 12.1. The van der Waals surface area contributed by atoms with Gasteiger partial charge in [-0.1, -0.05) is 11.6 Å². The molecule has 4 aromatic rings. The van der Waals surface area contributed by atoms with Crippen LogP contribution in [0.15, 0.2) is 61.2 Å². The predicted octanol–water partition coefficient (Wildman–Crippen LogP) is 4.89. The SMILES string of the molecule is CC(Oc1ccc2c(Nc3ccc(Cl)nc3)nccc2c1)c1cn[nH]c1. The topological polar surface area (TPSA) is 75.7 Å². The molecule has 1 atom stereocenters. The number of pyridine rings is 2. The Morgan fingerprint density at radius 3 is 2.81 bits per heavy atom. The van der Waals surface area contributed by atoms with Crippen LogP contribution in [0.4, 0.5) is 11.5 Å². The number of aromatic nitrogens is 4. The molecule has 0 aliphatic heterocycles. The van der Waals surface area contributed by atoms with Crippen molar-refractivity contribution in [2.75, 3.05) is 5.32 Å². The Hall–Kier alpha value is -3.12. The molecule has 0 spiro atoms. The van der Waals surface area contributed by atoms with Crippen LogP contribution >= 0.6 is 11.6 Å². The van der Waals surface area contributed by atoms with Crippen molar-refractivity contribution in [2.45, 2.75) is 13.0 Å². The predicted molar refractivity (Wildman–Crippen MR) is 102 cm³/mol. The van der Waals surface area contributed by atoms with E-state index in [0.29, 0.717) is 5.15 Å². The van der Waals surface area contributed by atoms with Gasteiger partial charge in [-0.15, -0.1) is 0 Å². The molecule has 26 heavy (non-hydrogen) atoms. The summed E-state index contributed by atoms with van der Waals surface area (Å²) in [6.07, 6.45) is 6.94. The fraction of sp³-hybridized carbons (Fsp3) is 0.105. The first-order valence-corrected chi connectivity index (χ1v) is 8.49. The number of hydrogen-bond acceptors (Lipinski definition) is 5. The van der Waals surface area contributed by atoms with Crippen LogP contribution in [0.5, 0.6) is 5.75 Å². The molecule has 7 heteroatoms. The van der Waals surface area contributed by atoms with Crippen LogP contribution in [-0.4, -0.2) is 20.2 Å². The first-order valence-electron chi connectivity index (χ1n) is 8.12. The maximum absolute atomic E-state index is 6.01. The molecule has 3 heterocycles. The van der Waals surface area contributed by atoms with Gasteiger partial charge in [-0.25, -0.2) is 9.97 Å². The van der Waals surface area contributed by atoms with Gasteiger partial charge >= 0.3 is 0 Å². The lowest BCUT2D eigenvalue weighted by Gasteiger charge is -2.14. The molecule has 4 rings (SSSR count). The van der Waals surface area contributed by atoms with E-state index in [1.54, 1.807) is 24.7 Å². The summed E-state index contributed by atoms with van der Waals surface area (Å²) < 4.78 is 6.01. The van der Waals surface area contributed by atoms with Gasteiger partial charge in [0.15, 0.2) is 0 Å². The van der Waals surface area contributed by atoms with Crippen LogP contribution in [0.3, 0.4) is 0 Å². The van der Waals surface area contributed by atoms with Crippen LogP contribution < -0.4 is 10.1 Å². The van der Waals surface area contributed by atoms with Crippen molar-refractivity contribution in [1.82, 2.24) is 20.2 Å². The first kappa shape index (κ1) is 16.4. The van der Waals surface area contributed by atoms with E-state index in [0.717, 1.165) is 33.6 Å². The Morgan fingerprint density at radius 1 is 1.12 bits per heavy atom. The standard InChI is InChI=1S/C19H16ClN5O/c1-12(14-9-23-24-10-14)26-16-3-4-17-13(8-16)6-7-21-19(17)25-15-2-5-18(20)22-11-15/h2-12H,1H3,(H,21,25)(H,23,24). The molecule has 0 amide bonds. The summed E-state index contributed by atoms with van der Waals surface area (Å²) in [5.41, 5.74) is 1.82. The highest BCUT2D eigenvalue weighted by Crippen LogP contribution is 2.29. The maximum Gasteiger partial charge on any atom is 0.138 e. The number of nitrogens with zero attached hydrogens (tertiary/aromatic N) is 3. The van der Waals surface area contributed by atoms with E-state index in [1.807, 2.05) is 43.5 Å². The van der Waals surface area contributed by atoms with Crippen LogP contribution in [0.25, 0.3) is 10.8 Å². The van der Waals surface area contributed by atoms with Crippen molar-refractivity contribution in [1.29, 1.82) is 0 Å². The third-order valence-electron chi connectivity index (χ3n) is 4.03. The number of fused-ring (bicyclic) bond motifs is 1. The molecule has 130 valence electrons. The minimum absolute atomic E-state index is 0.0919. The van der Waals surface area contributed by atoms with Gasteiger partial charge in [0.1, 0.15) is 22.8 Å². The van der Waals surface area contributed by atoms with E-state index >= 15 is 0 Å². The lowest BCUT2D eigenvalue weighted by molar-refractivity contribution is 0.227. The molecular weight excluding hydrogens is 350 g/mol. The molecule has 0 fully saturated rings. The van der Waals surface area contributed by atoms with E-state index < -0.39 is 0 Å². The minimum atomic E-state index is -0.0919. The van der Waals surface area contributed by atoms with Gasteiger partial charge in [-0.05, 0) is 48.7 Å². The van der Waals surface area contributed by atoms with Crippen LogP contribution in [0.2, 0.25) is 5.15 Å². The number of anilines is 2. The van der Waals surface area contributed by atoms with Gasteiger partial charge in [-0.3, -0.25) is 5.10 Å². The zero-order chi connectivity index (χ0) is 17.9. The summed E-state index contributed by atoms with van der Waals surface area (Å²) in [7, 11) is 0. The third-order valence-corrected chi connectivity index (χ3v) is 4.25. The van der Waals surface area contributed by atoms with Crippen molar-refractivity contribution in [2.24, 2.45) is 0 Å². The molecule has 3 aromatic heterocycles. The summed E-state index contributed by atoms with van der Waals surface area (Å²) >= 11 is 5.83. The molecule has 0 aliphatic carbocycles. The van der Waals surface area contributed by atoms with Crippen molar-refractivity contribution in [3.63, 3.8) is 0 Å². The van der Waals surface area contributed by atoms with Crippen LogP contribution in [0, 0.1) is 0 Å². The quantitative estimate of drug-likeness (QED) is 0.492. The van der Waals surface area contributed by atoms with Gasteiger partial charge in [0, 0.05) is 23.3 Å². The van der Waals surface area contributed by atoms with E-state index in [9.17, 15) is 0 Å². The number of ether oxygens (including phenoxy) is 1. The lowest BCUT2D eigenvalue weighted by atomic mass is 10.1. The highest BCUT2D eigenvalue weighted by Gasteiger charge is 2.10. The molecule has 0 aliphatic rings. The average molecular weight is 366 g/mol. The first-order chi connectivity index (χ1) is 12.7. The van der Waals surface area contributed by atoms with E-state index in [4.69, 9.17) is 16.3 Å². The molecule has 0 bridgehead atoms. The molecule has 2 N–H and O–H groups in total. The van der Waals surface area contributed by atoms with Gasteiger partial charge in [0.05, 0.1) is 18.1 Å². The number of halogens is 1. The van der Waals surface area contributed by atoms with E-state index in [2.05, 4.69) is 25.5 Å². The zero-order valence-corrected chi connectivity index (χ0v) is 14.7. The molecule has 6 nitrogen and oxygen atoms in total. The van der Waals surface area contributed by atoms with Gasteiger partial charge in [0.25, 0.3) is 0 Å². The lowest BCUT2D eigenvalue weighted by Crippen LogP contribution is -2.02. The minimum Gasteiger partial charge on any atom is -0.486 e. The fourth-order valence-corrected chi connectivity index (χ4v) is 2.78. The summed E-state index contributed by atoms with van der Waals surface area (Å²) in [6.45, 7) is 1.99. The smallest absolute Gasteiger partial charge is 0.138 e. The molecule has 0 radical (unpaired) electrons. The Bertz CT molecular complexity index is 1020. The van der Waals surface area contributed by atoms with Crippen molar-refractivity contribution >= 4 is 33.9 Å². The van der Waals surface area contributed by atoms with Gasteiger partial charge in [-0.2, -0.15) is 5.10 Å². The largest absolute Gasteiger partial charge is 0.486 e. The summed E-state index contributed by atoms with van der Waals surface area (Å²) in [6, 6.07) is 11.5. The van der Waals surface area contributed by atoms with E-state index in [1.165, 1.54) is 0 Å². The van der Waals surface area contributed by atoms with Gasteiger partial charge < -0.3 is 10.1 Å². The number of aromatic amines is 1. The number of H-pyrrole nitrogens is 1. The second-order valence-electron chi connectivity index (χ2n) is 5.83. The van der Waals surface area contributed by atoms with Crippen molar-refractivity contribution < 1.29 is 4.74 Å². The van der Waals surface area contributed by atoms with Crippen LogP contribution in [0.1, 0.15) is 18.6 Å². The number of hydrogen-bond donors (Lipinski definition) is 2. The fourth-order valence-electron chi connectivity index (χ4n) is 2.67. The van der Waals surface area contributed by atoms with Gasteiger partial charge in [0.2, 0.25) is 0 Å². The van der Waals surface area contributed by atoms with E-state index in [-0.39, 0.29) is 6.10 Å². The monoisotopic (exact) mass is 365 g/mol. The molecule has 1 aromatic carbocycles. The third kappa shape index (κ3) is 3.45. The molecule has 0 saturated heterocycles. The number of rotatable bonds is 5. The Morgan fingerprint density at radius 2 is 2.04 bits per heavy atom. The second kappa shape index (κ2) is 7.01. The Labute approximate surface area is 155 Å². The molecule has 0 saturated carbocycles. The Kier molecular flexibility index (Phi) is 4.41. The summed E-state index contributed by atoms with van der Waals surface area (Å²) in [4.78, 5) is 8.50. The summed E-state index contributed by atoms with van der Waals surface area (Å²) in [5, 5.41) is 12.5. The zero-order valence-electron chi connectivity index (χ0n) is 14.0.